The topological polar surface area (TPSA) is 58.6 Å². The van der Waals surface area contributed by atoms with Crippen LogP contribution in [0.3, 0.4) is 0 Å². The Hall–Kier alpha value is -1.78. The molecule has 0 saturated heterocycles. The van der Waals surface area contributed by atoms with Crippen molar-refractivity contribution in [2.75, 3.05) is 0 Å². The Morgan fingerprint density at radius 1 is 1.19 bits per heavy atom. The number of ether oxygens (including phenoxy) is 1. The SMILES string of the molecule is CC(N[C@H]1C[C@@H](C(=O)O)C1(C)C)c1ccc2ccc(O[C@H]3CC[C@@H](C)CC3)c(Cl)c2c1. The van der Waals surface area contributed by atoms with Crippen LogP contribution in [0.15, 0.2) is 30.3 Å². The van der Waals surface area contributed by atoms with Gasteiger partial charge in [0.15, 0.2) is 0 Å². The number of carboxylic acids is 1. The summed E-state index contributed by atoms with van der Waals surface area (Å²) in [4.78, 5) is 11.4. The minimum Gasteiger partial charge on any atom is -0.489 e. The Morgan fingerprint density at radius 2 is 1.87 bits per heavy atom. The van der Waals surface area contributed by atoms with Gasteiger partial charge in [0.2, 0.25) is 0 Å². The molecular weight excluding hydrogens is 410 g/mol. The third-order valence-corrected chi connectivity index (χ3v) is 8.11. The lowest BCUT2D eigenvalue weighted by atomic mass is 9.58. The predicted molar refractivity (Wildman–Crippen MR) is 126 cm³/mol. The number of hydrogen-bond donors (Lipinski definition) is 2. The number of benzene rings is 2. The van der Waals surface area contributed by atoms with Crippen molar-refractivity contribution in [3.8, 4) is 5.75 Å². The molecule has 2 fully saturated rings. The number of aliphatic carboxylic acids is 1. The summed E-state index contributed by atoms with van der Waals surface area (Å²) in [5.41, 5.74) is 0.889. The molecule has 0 radical (unpaired) electrons. The van der Waals surface area contributed by atoms with Crippen molar-refractivity contribution < 1.29 is 14.6 Å². The van der Waals surface area contributed by atoms with Gasteiger partial charge in [0.1, 0.15) is 5.75 Å². The summed E-state index contributed by atoms with van der Waals surface area (Å²) < 4.78 is 6.29. The van der Waals surface area contributed by atoms with Gasteiger partial charge in [0.25, 0.3) is 0 Å². The smallest absolute Gasteiger partial charge is 0.307 e. The van der Waals surface area contributed by atoms with E-state index >= 15 is 0 Å². The molecule has 168 valence electrons. The molecule has 2 aromatic carbocycles. The van der Waals surface area contributed by atoms with Crippen molar-refractivity contribution in [1.82, 2.24) is 5.32 Å². The van der Waals surface area contributed by atoms with E-state index in [2.05, 4.69) is 43.4 Å². The summed E-state index contributed by atoms with van der Waals surface area (Å²) in [6.45, 7) is 8.50. The number of nitrogens with one attached hydrogen (secondary N) is 1. The zero-order valence-electron chi connectivity index (χ0n) is 19.0. The lowest BCUT2D eigenvalue weighted by Crippen LogP contribution is -2.59. The predicted octanol–water partition coefficient (Wildman–Crippen LogP) is 6.60. The third-order valence-electron chi connectivity index (χ3n) is 7.72. The minimum atomic E-state index is -0.701. The molecular formula is C26H34ClNO3. The monoisotopic (exact) mass is 443 g/mol. The zero-order valence-corrected chi connectivity index (χ0v) is 19.7. The Balaban J connectivity index is 1.50. The van der Waals surface area contributed by atoms with Crippen LogP contribution >= 0.6 is 11.6 Å². The molecule has 0 amide bonds. The molecule has 2 aromatic rings. The first-order valence-corrected chi connectivity index (χ1v) is 11.9. The van der Waals surface area contributed by atoms with Gasteiger partial charge in [-0.15, -0.1) is 0 Å². The van der Waals surface area contributed by atoms with Crippen LogP contribution in [-0.4, -0.2) is 23.2 Å². The van der Waals surface area contributed by atoms with Crippen LogP contribution in [0.1, 0.15) is 71.4 Å². The van der Waals surface area contributed by atoms with Crippen LogP contribution in [0, 0.1) is 17.3 Å². The number of carboxylic acid groups (broad SMARTS) is 1. The molecule has 0 bridgehead atoms. The van der Waals surface area contributed by atoms with Gasteiger partial charge in [-0.1, -0.05) is 50.6 Å². The first-order chi connectivity index (χ1) is 14.7. The van der Waals surface area contributed by atoms with E-state index in [0.717, 1.165) is 40.8 Å². The van der Waals surface area contributed by atoms with Gasteiger partial charge in [-0.05, 0) is 73.4 Å². The highest BCUT2D eigenvalue weighted by atomic mass is 35.5. The molecule has 31 heavy (non-hydrogen) atoms. The molecule has 2 aliphatic carbocycles. The summed E-state index contributed by atoms with van der Waals surface area (Å²) in [7, 11) is 0. The van der Waals surface area contributed by atoms with Crippen LogP contribution in [0.2, 0.25) is 5.02 Å². The molecule has 1 unspecified atom stereocenters. The molecule has 0 aliphatic heterocycles. The molecule has 2 N–H and O–H groups in total. The molecule has 0 heterocycles. The number of halogens is 1. The van der Waals surface area contributed by atoms with Crippen molar-refractivity contribution in [2.45, 2.75) is 78.0 Å². The second kappa shape index (κ2) is 8.63. The van der Waals surface area contributed by atoms with Crippen molar-refractivity contribution >= 4 is 28.3 Å². The van der Waals surface area contributed by atoms with Crippen LogP contribution in [0.25, 0.3) is 10.8 Å². The molecule has 4 nitrogen and oxygen atoms in total. The molecule has 0 spiro atoms. The quantitative estimate of drug-likeness (QED) is 0.528. The van der Waals surface area contributed by atoms with E-state index in [1.807, 2.05) is 19.9 Å². The number of rotatable bonds is 6. The number of hydrogen-bond acceptors (Lipinski definition) is 3. The van der Waals surface area contributed by atoms with E-state index < -0.39 is 5.97 Å². The molecule has 2 aliphatic rings. The van der Waals surface area contributed by atoms with Crippen LogP contribution in [0.4, 0.5) is 0 Å². The van der Waals surface area contributed by atoms with Gasteiger partial charge in [0.05, 0.1) is 17.0 Å². The van der Waals surface area contributed by atoms with Crippen molar-refractivity contribution in [1.29, 1.82) is 0 Å². The highest BCUT2D eigenvalue weighted by Crippen LogP contribution is 2.47. The fourth-order valence-electron chi connectivity index (χ4n) is 5.19. The van der Waals surface area contributed by atoms with E-state index in [4.69, 9.17) is 16.3 Å². The lowest BCUT2D eigenvalue weighted by Gasteiger charge is -2.51. The second-order valence-corrected chi connectivity index (χ2v) is 10.6. The zero-order chi connectivity index (χ0) is 22.3. The highest BCUT2D eigenvalue weighted by Gasteiger charge is 2.52. The lowest BCUT2D eigenvalue weighted by molar-refractivity contribution is -0.155. The average molecular weight is 444 g/mol. The Morgan fingerprint density at radius 3 is 2.52 bits per heavy atom. The van der Waals surface area contributed by atoms with E-state index in [0.29, 0.717) is 11.4 Å². The Kier molecular flexibility index (Phi) is 6.24. The van der Waals surface area contributed by atoms with Crippen molar-refractivity contribution in [3.05, 3.63) is 40.9 Å². The summed E-state index contributed by atoms with van der Waals surface area (Å²) in [5.74, 6) is 0.574. The van der Waals surface area contributed by atoms with Gasteiger partial charge in [-0.3, -0.25) is 4.79 Å². The molecule has 5 heteroatoms. The summed E-state index contributed by atoms with van der Waals surface area (Å²) in [6, 6.07) is 10.7. The van der Waals surface area contributed by atoms with E-state index in [-0.39, 0.29) is 29.5 Å². The fraction of sp³-hybridized carbons (Fsp3) is 0.577. The van der Waals surface area contributed by atoms with Crippen LogP contribution < -0.4 is 10.1 Å². The Bertz CT molecular complexity index is 965. The molecule has 3 atom stereocenters. The number of carbonyl (C=O) groups is 1. The standard InChI is InChI=1S/C26H34ClNO3/c1-15-5-10-19(11-6-15)31-22-12-9-17-7-8-18(13-20(17)24(22)27)16(2)28-23-14-21(25(29)30)26(23,3)4/h7-9,12-13,15-16,19,21,23,28H,5-6,10-11,14H2,1-4H3,(H,29,30)/t15-,16?,19+,21-,23-/m0/s1. The summed E-state index contributed by atoms with van der Waals surface area (Å²) in [5, 5.41) is 15.8. The van der Waals surface area contributed by atoms with E-state index in [9.17, 15) is 9.90 Å². The summed E-state index contributed by atoms with van der Waals surface area (Å²) >= 11 is 6.80. The van der Waals surface area contributed by atoms with E-state index in [1.54, 1.807) is 0 Å². The normalized spacial score (nSPS) is 28.7. The third kappa shape index (κ3) is 4.42. The fourth-order valence-corrected chi connectivity index (χ4v) is 5.46. The average Bonchev–Trinajstić information content (AvgIpc) is 2.73. The highest BCUT2D eigenvalue weighted by molar-refractivity contribution is 6.37. The number of fused-ring (bicyclic) bond motifs is 1. The maximum Gasteiger partial charge on any atom is 0.307 e. The molecule has 0 aromatic heterocycles. The van der Waals surface area contributed by atoms with Crippen LogP contribution in [-0.2, 0) is 4.79 Å². The first kappa shape index (κ1) is 22.4. The molecule has 4 rings (SSSR count). The minimum absolute atomic E-state index is 0.101. The van der Waals surface area contributed by atoms with Gasteiger partial charge >= 0.3 is 5.97 Å². The maximum absolute atomic E-state index is 11.4. The summed E-state index contributed by atoms with van der Waals surface area (Å²) in [6.07, 6.45) is 5.51. The van der Waals surface area contributed by atoms with Crippen molar-refractivity contribution in [3.63, 3.8) is 0 Å². The maximum atomic E-state index is 11.4. The second-order valence-electron chi connectivity index (χ2n) is 10.2. The van der Waals surface area contributed by atoms with Gasteiger partial charge < -0.3 is 15.2 Å². The van der Waals surface area contributed by atoms with E-state index in [1.165, 1.54) is 12.8 Å². The first-order valence-electron chi connectivity index (χ1n) is 11.5. The largest absolute Gasteiger partial charge is 0.489 e. The van der Waals surface area contributed by atoms with Gasteiger partial charge in [-0.25, -0.2) is 0 Å². The Labute approximate surface area is 190 Å². The van der Waals surface area contributed by atoms with Gasteiger partial charge in [0, 0.05) is 17.5 Å². The molecule has 2 saturated carbocycles. The van der Waals surface area contributed by atoms with Gasteiger partial charge in [-0.2, -0.15) is 0 Å². The van der Waals surface area contributed by atoms with Crippen molar-refractivity contribution in [2.24, 2.45) is 17.3 Å². The van der Waals surface area contributed by atoms with Crippen LogP contribution in [0.5, 0.6) is 5.75 Å².